The van der Waals surface area contributed by atoms with Crippen molar-refractivity contribution in [3.05, 3.63) is 34.4 Å². The molecule has 42 heavy (non-hydrogen) atoms. The molecule has 12 heteroatoms. The third kappa shape index (κ3) is 6.12. The number of carbonyl (C=O) groups excluding carboxylic acids is 4. The summed E-state index contributed by atoms with van der Waals surface area (Å²) < 4.78 is 0. The number of nitrogens with zero attached hydrogens (tertiary/aromatic N) is 6. The SMILES string of the molecule is CN(C)CCNc1cc2c3c(c(NCCN(C)C)cc4c3c1C(=O)N(CCN(C)C)C4=O)C(=O)N(CCN(C)C)C2=O. The number of benzene rings is 2. The Balaban J connectivity index is 1.99. The largest absolute Gasteiger partial charge is 0.383 e. The van der Waals surface area contributed by atoms with Crippen molar-refractivity contribution in [1.82, 2.24) is 29.4 Å². The van der Waals surface area contributed by atoms with Crippen molar-refractivity contribution in [3.63, 3.8) is 0 Å². The van der Waals surface area contributed by atoms with E-state index in [1.807, 2.05) is 76.0 Å². The fourth-order valence-electron chi connectivity index (χ4n) is 5.28. The van der Waals surface area contributed by atoms with Crippen LogP contribution in [0, 0.1) is 0 Å². The maximum atomic E-state index is 14.0. The lowest BCUT2D eigenvalue weighted by molar-refractivity contribution is 0.0580. The second-order valence-electron chi connectivity index (χ2n) is 12.0. The lowest BCUT2D eigenvalue weighted by Gasteiger charge is -2.35. The first kappa shape index (κ1) is 31.4. The Hall–Kier alpha value is -3.58. The Bertz CT molecular complexity index is 1300. The molecule has 0 aromatic heterocycles. The van der Waals surface area contributed by atoms with E-state index in [0.29, 0.717) is 83.7 Å². The molecule has 2 N–H and O–H groups in total. The first-order valence-corrected chi connectivity index (χ1v) is 14.3. The van der Waals surface area contributed by atoms with Gasteiger partial charge < -0.3 is 30.2 Å². The maximum absolute atomic E-state index is 14.0. The second kappa shape index (κ2) is 12.7. The Morgan fingerprint density at radius 1 is 0.524 bits per heavy atom. The second-order valence-corrected chi connectivity index (χ2v) is 12.0. The van der Waals surface area contributed by atoms with Crippen LogP contribution >= 0.6 is 0 Å². The molecule has 0 unspecified atom stereocenters. The molecular formula is C30H44N8O4. The van der Waals surface area contributed by atoms with E-state index in [1.54, 1.807) is 12.1 Å². The minimum absolute atomic E-state index is 0.214. The molecule has 4 amide bonds. The minimum Gasteiger partial charge on any atom is -0.383 e. The summed E-state index contributed by atoms with van der Waals surface area (Å²) in [5, 5.41) is 7.47. The van der Waals surface area contributed by atoms with Gasteiger partial charge in [-0.2, -0.15) is 0 Å². The lowest BCUT2D eigenvalue weighted by atomic mass is 9.83. The lowest BCUT2D eigenvalue weighted by Crippen LogP contribution is -2.46. The highest BCUT2D eigenvalue weighted by atomic mass is 16.2. The number of anilines is 2. The van der Waals surface area contributed by atoms with E-state index in [4.69, 9.17) is 0 Å². The third-order valence-corrected chi connectivity index (χ3v) is 7.56. The Morgan fingerprint density at radius 3 is 1.17 bits per heavy atom. The monoisotopic (exact) mass is 580 g/mol. The fourth-order valence-corrected chi connectivity index (χ4v) is 5.28. The summed E-state index contributed by atoms with van der Waals surface area (Å²) in [5.41, 5.74) is 2.25. The first-order valence-electron chi connectivity index (χ1n) is 14.3. The van der Waals surface area contributed by atoms with Crippen LogP contribution in [-0.4, -0.2) is 162 Å². The number of rotatable bonds is 14. The van der Waals surface area contributed by atoms with Gasteiger partial charge in [-0.1, -0.05) is 0 Å². The molecule has 0 bridgehead atoms. The van der Waals surface area contributed by atoms with Crippen LogP contribution in [0.2, 0.25) is 0 Å². The van der Waals surface area contributed by atoms with E-state index < -0.39 is 23.6 Å². The molecular weight excluding hydrogens is 536 g/mol. The van der Waals surface area contributed by atoms with Crippen molar-refractivity contribution in [2.75, 3.05) is 119 Å². The van der Waals surface area contributed by atoms with Crippen LogP contribution in [0.5, 0.6) is 0 Å². The number of likely N-dealkylation sites (N-methyl/N-ethyl adjacent to an activating group) is 4. The molecule has 228 valence electrons. The number of amides is 4. The summed E-state index contributed by atoms with van der Waals surface area (Å²) in [4.78, 5) is 66.4. The van der Waals surface area contributed by atoms with Gasteiger partial charge >= 0.3 is 0 Å². The smallest absolute Gasteiger partial charge is 0.263 e. The zero-order valence-corrected chi connectivity index (χ0v) is 26.1. The third-order valence-electron chi connectivity index (χ3n) is 7.56. The van der Waals surface area contributed by atoms with Crippen LogP contribution in [0.4, 0.5) is 11.4 Å². The molecule has 2 aromatic rings. The Labute approximate surface area is 248 Å². The average Bonchev–Trinajstić information content (AvgIpc) is 2.89. The van der Waals surface area contributed by atoms with Gasteiger partial charge in [0, 0.05) is 74.5 Å². The van der Waals surface area contributed by atoms with Crippen LogP contribution in [0.3, 0.4) is 0 Å². The van der Waals surface area contributed by atoms with Gasteiger partial charge in [0.25, 0.3) is 23.6 Å². The van der Waals surface area contributed by atoms with E-state index in [0.717, 1.165) is 0 Å². The Kier molecular flexibility index (Phi) is 9.51. The van der Waals surface area contributed by atoms with Crippen LogP contribution in [0.1, 0.15) is 41.4 Å². The van der Waals surface area contributed by atoms with Crippen LogP contribution in [0.25, 0.3) is 10.8 Å². The van der Waals surface area contributed by atoms with Gasteiger partial charge in [0.15, 0.2) is 0 Å². The predicted molar refractivity (Wildman–Crippen MR) is 166 cm³/mol. The maximum Gasteiger partial charge on any atom is 0.263 e. The van der Waals surface area contributed by atoms with E-state index in [9.17, 15) is 19.2 Å². The van der Waals surface area contributed by atoms with Crippen LogP contribution in [-0.2, 0) is 0 Å². The molecule has 12 nitrogen and oxygen atoms in total. The summed E-state index contributed by atoms with van der Waals surface area (Å²) in [6.45, 7) is 3.86. The summed E-state index contributed by atoms with van der Waals surface area (Å²) in [7, 11) is 15.4. The molecule has 0 saturated carbocycles. The van der Waals surface area contributed by atoms with Crippen molar-refractivity contribution < 1.29 is 19.2 Å². The quantitative estimate of drug-likeness (QED) is 0.315. The van der Waals surface area contributed by atoms with E-state index in [2.05, 4.69) is 10.6 Å². The minimum atomic E-state index is -0.428. The standard InChI is InChI=1S/C30H44N8O4/c1-33(2)11-9-31-21-17-19-24-23-20(28(40)37(15-13-35(5)6)29(41)25(21)23)18-22(32-10-12-34(3)4)26(24)30(42)38(27(19)39)16-14-36(7)8/h17-18,31-32H,9-16H2,1-8H3. The number of nitrogens with one attached hydrogen (secondary N) is 2. The summed E-state index contributed by atoms with van der Waals surface area (Å²) in [6, 6.07) is 3.39. The average molecular weight is 581 g/mol. The number of imide groups is 2. The molecule has 0 aliphatic carbocycles. The van der Waals surface area contributed by atoms with Crippen molar-refractivity contribution >= 4 is 45.8 Å². The zero-order chi connectivity index (χ0) is 30.9. The predicted octanol–water partition coefficient (Wildman–Crippen LogP) is 1.10. The topological polar surface area (TPSA) is 112 Å². The summed E-state index contributed by atoms with van der Waals surface area (Å²) >= 11 is 0. The van der Waals surface area contributed by atoms with Gasteiger partial charge in [-0.3, -0.25) is 29.0 Å². The number of hydrogen-bond acceptors (Lipinski definition) is 10. The normalized spacial score (nSPS) is 15.0. The van der Waals surface area contributed by atoms with Gasteiger partial charge in [0.05, 0.1) is 22.3 Å². The van der Waals surface area contributed by atoms with Gasteiger partial charge in [0.1, 0.15) is 0 Å². The highest BCUT2D eigenvalue weighted by molar-refractivity contribution is 6.36. The van der Waals surface area contributed by atoms with Gasteiger partial charge in [-0.25, -0.2) is 0 Å². The van der Waals surface area contributed by atoms with Crippen molar-refractivity contribution in [1.29, 1.82) is 0 Å². The molecule has 0 radical (unpaired) electrons. The molecule has 4 rings (SSSR count). The zero-order valence-electron chi connectivity index (χ0n) is 26.1. The molecule has 2 aromatic carbocycles. The van der Waals surface area contributed by atoms with Crippen LogP contribution < -0.4 is 10.6 Å². The highest BCUT2D eigenvalue weighted by Gasteiger charge is 2.42. The number of carbonyl (C=O) groups is 4. The van der Waals surface area contributed by atoms with Crippen LogP contribution in [0.15, 0.2) is 12.1 Å². The van der Waals surface area contributed by atoms with E-state index in [-0.39, 0.29) is 13.1 Å². The molecule has 2 aliphatic rings. The molecule has 0 atom stereocenters. The molecule has 0 fully saturated rings. The Morgan fingerprint density at radius 2 is 0.857 bits per heavy atom. The fraction of sp³-hybridized carbons (Fsp3) is 0.533. The molecule has 2 heterocycles. The van der Waals surface area contributed by atoms with E-state index >= 15 is 0 Å². The van der Waals surface area contributed by atoms with Gasteiger partial charge in [-0.15, -0.1) is 0 Å². The molecule has 0 saturated heterocycles. The van der Waals surface area contributed by atoms with Crippen molar-refractivity contribution in [3.8, 4) is 0 Å². The van der Waals surface area contributed by atoms with Crippen molar-refractivity contribution in [2.24, 2.45) is 0 Å². The number of hydrogen-bond donors (Lipinski definition) is 2. The van der Waals surface area contributed by atoms with Gasteiger partial charge in [-0.05, 0) is 68.5 Å². The summed E-state index contributed by atoms with van der Waals surface area (Å²) in [5.74, 6) is -1.71. The van der Waals surface area contributed by atoms with Gasteiger partial charge in [0.2, 0.25) is 0 Å². The highest BCUT2D eigenvalue weighted by Crippen LogP contribution is 2.44. The van der Waals surface area contributed by atoms with E-state index in [1.165, 1.54) is 9.80 Å². The van der Waals surface area contributed by atoms with Crippen molar-refractivity contribution in [2.45, 2.75) is 0 Å². The molecule has 2 aliphatic heterocycles. The molecule has 0 spiro atoms. The first-order chi connectivity index (χ1) is 19.8. The summed E-state index contributed by atoms with van der Waals surface area (Å²) in [6.07, 6.45) is 0.